The Morgan fingerprint density at radius 1 is 1.07 bits per heavy atom. The van der Waals surface area contributed by atoms with Crippen molar-refractivity contribution in [3.63, 3.8) is 0 Å². The van der Waals surface area contributed by atoms with Crippen molar-refractivity contribution in [3.8, 4) is 0 Å². The second-order valence-electron chi connectivity index (χ2n) is 6.73. The third kappa shape index (κ3) is 3.93. The molecule has 2 N–H and O–H groups in total. The lowest BCUT2D eigenvalue weighted by molar-refractivity contribution is 0.0951. The zero-order valence-corrected chi connectivity index (χ0v) is 17.0. The fraction of sp³-hybridized carbons (Fsp3) is 0.0870. The van der Waals surface area contributed by atoms with Gasteiger partial charge in [-0.25, -0.2) is 0 Å². The third-order valence-corrected chi connectivity index (χ3v) is 5.97. The van der Waals surface area contributed by atoms with Gasteiger partial charge in [0.15, 0.2) is 0 Å². The molecule has 0 saturated heterocycles. The number of fused-ring (bicyclic) bond motifs is 2. The van der Waals surface area contributed by atoms with E-state index < -0.39 is 0 Å². The number of carbonyl (C=O) groups is 1. The second kappa shape index (κ2) is 7.74. The van der Waals surface area contributed by atoms with Gasteiger partial charge in [0.1, 0.15) is 0 Å². The van der Waals surface area contributed by atoms with E-state index in [1.54, 1.807) is 11.8 Å². The number of halogens is 1. The van der Waals surface area contributed by atoms with Crippen LogP contribution in [0.3, 0.4) is 0 Å². The standard InChI is InChI=1S/C23H19ClN2OS/c1-14-3-5-16(6-4-14)13-25-23(27)17-7-9-22-20(11-17)26-15(2)19-12-18(24)8-10-21(19)28-22/h3-12,26H,2,13H2,1H3,(H,25,27). The molecule has 0 fully saturated rings. The van der Waals surface area contributed by atoms with Crippen LogP contribution < -0.4 is 10.6 Å². The lowest BCUT2D eigenvalue weighted by atomic mass is 10.1. The molecule has 140 valence electrons. The highest BCUT2D eigenvalue weighted by Crippen LogP contribution is 2.42. The highest BCUT2D eigenvalue weighted by atomic mass is 35.5. The first-order chi connectivity index (χ1) is 13.5. The fourth-order valence-corrected chi connectivity index (χ4v) is 4.22. The molecule has 28 heavy (non-hydrogen) atoms. The zero-order chi connectivity index (χ0) is 19.7. The Balaban J connectivity index is 1.53. The molecule has 0 unspecified atom stereocenters. The molecule has 1 amide bonds. The molecule has 0 radical (unpaired) electrons. The van der Waals surface area contributed by atoms with Crippen LogP contribution in [0.25, 0.3) is 5.70 Å². The number of hydrogen-bond acceptors (Lipinski definition) is 3. The molecule has 1 aliphatic heterocycles. The van der Waals surface area contributed by atoms with Crippen molar-refractivity contribution in [2.24, 2.45) is 0 Å². The van der Waals surface area contributed by atoms with Crippen LogP contribution in [0.4, 0.5) is 5.69 Å². The fourth-order valence-electron chi connectivity index (χ4n) is 3.02. The summed E-state index contributed by atoms with van der Waals surface area (Å²) >= 11 is 7.77. The van der Waals surface area contributed by atoms with Crippen LogP contribution in [0.15, 0.2) is 77.0 Å². The number of aryl methyl sites for hydroxylation is 1. The number of nitrogens with one attached hydrogen (secondary N) is 2. The Bertz CT molecular complexity index is 1080. The molecule has 4 rings (SSSR count). The van der Waals surface area contributed by atoms with Crippen molar-refractivity contribution in [2.75, 3.05) is 5.32 Å². The third-order valence-electron chi connectivity index (χ3n) is 4.59. The first kappa shape index (κ1) is 18.7. The van der Waals surface area contributed by atoms with Crippen LogP contribution in [0.2, 0.25) is 5.02 Å². The number of benzene rings is 3. The van der Waals surface area contributed by atoms with Crippen LogP contribution in [0.1, 0.15) is 27.0 Å². The molecular weight excluding hydrogens is 388 g/mol. The van der Waals surface area contributed by atoms with Gasteiger partial charge in [-0.05, 0) is 48.9 Å². The van der Waals surface area contributed by atoms with Crippen LogP contribution in [-0.4, -0.2) is 5.91 Å². The molecule has 1 aliphatic rings. The highest BCUT2D eigenvalue weighted by Gasteiger charge is 2.18. The molecule has 3 aromatic carbocycles. The molecule has 0 saturated carbocycles. The summed E-state index contributed by atoms with van der Waals surface area (Å²) < 4.78 is 0. The number of hydrogen-bond donors (Lipinski definition) is 2. The van der Waals surface area contributed by atoms with E-state index in [0.717, 1.165) is 32.3 Å². The molecule has 5 heteroatoms. The zero-order valence-electron chi connectivity index (χ0n) is 15.4. The maximum absolute atomic E-state index is 12.6. The molecule has 1 heterocycles. The lowest BCUT2D eigenvalue weighted by Gasteiger charge is -2.11. The van der Waals surface area contributed by atoms with Crippen molar-refractivity contribution < 1.29 is 4.79 Å². The Kier molecular flexibility index (Phi) is 5.16. The van der Waals surface area contributed by atoms with Crippen LogP contribution in [-0.2, 0) is 6.54 Å². The van der Waals surface area contributed by atoms with Gasteiger partial charge in [0.05, 0.1) is 5.69 Å². The maximum atomic E-state index is 12.6. The van der Waals surface area contributed by atoms with Crippen LogP contribution in [0, 0.1) is 6.92 Å². The summed E-state index contributed by atoms with van der Waals surface area (Å²) in [6.07, 6.45) is 0. The van der Waals surface area contributed by atoms with Gasteiger partial charge >= 0.3 is 0 Å². The second-order valence-corrected chi connectivity index (χ2v) is 8.25. The van der Waals surface area contributed by atoms with Gasteiger partial charge in [-0.15, -0.1) is 0 Å². The van der Waals surface area contributed by atoms with E-state index in [4.69, 9.17) is 11.6 Å². The molecule has 0 atom stereocenters. The number of carbonyl (C=O) groups excluding carboxylic acids is 1. The minimum Gasteiger partial charge on any atom is -0.355 e. The topological polar surface area (TPSA) is 41.1 Å². The smallest absolute Gasteiger partial charge is 0.251 e. The highest BCUT2D eigenvalue weighted by molar-refractivity contribution is 7.99. The molecule has 0 bridgehead atoms. The molecule has 0 spiro atoms. The lowest BCUT2D eigenvalue weighted by Crippen LogP contribution is -2.22. The molecule has 3 nitrogen and oxygen atoms in total. The van der Waals surface area contributed by atoms with Gasteiger partial charge in [-0.3, -0.25) is 4.79 Å². The van der Waals surface area contributed by atoms with Crippen molar-refractivity contribution in [1.82, 2.24) is 5.32 Å². The van der Waals surface area contributed by atoms with Gasteiger partial charge in [0.2, 0.25) is 0 Å². The SMILES string of the molecule is C=C1Nc2cc(C(=O)NCc3ccc(C)cc3)ccc2Sc2ccc(Cl)cc21. The van der Waals surface area contributed by atoms with Crippen molar-refractivity contribution >= 4 is 40.7 Å². The average Bonchev–Trinajstić information content (AvgIpc) is 2.82. The Morgan fingerprint density at radius 3 is 2.61 bits per heavy atom. The van der Waals surface area contributed by atoms with E-state index in [9.17, 15) is 4.79 Å². The van der Waals surface area contributed by atoms with Crippen molar-refractivity contribution in [1.29, 1.82) is 0 Å². The summed E-state index contributed by atoms with van der Waals surface area (Å²) in [6, 6.07) is 19.6. The molecular formula is C23H19ClN2OS. The largest absolute Gasteiger partial charge is 0.355 e. The van der Waals surface area contributed by atoms with E-state index in [1.165, 1.54) is 5.56 Å². The van der Waals surface area contributed by atoms with E-state index in [-0.39, 0.29) is 5.91 Å². The molecule has 0 aromatic heterocycles. The minimum absolute atomic E-state index is 0.106. The predicted molar refractivity (Wildman–Crippen MR) is 117 cm³/mol. The summed E-state index contributed by atoms with van der Waals surface area (Å²) in [4.78, 5) is 14.7. The number of rotatable bonds is 3. The van der Waals surface area contributed by atoms with Gasteiger partial charge < -0.3 is 10.6 Å². The first-order valence-electron chi connectivity index (χ1n) is 8.91. The van der Waals surface area contributed by atoms with Crippen LogP contribution in [0.5, 0.6) is 0 Å². The predicted octanol–water partition coefficient (Wildman–Crippen LogP) is 6.13. The quantitative estimate of drug-likeness (QED) is 0.550. The van der Waals surface area contributed by atoms with Gasteiger partial charge in [-0.2, -0.15) is 0 Å². The van der Waals surface area contributed by atoms with Gasteiger partial charge in [-0.1, -0.05) is 59.8 Å². The Morgan fingerprint density at radius 2 is 1.82 bits per heavy atom. The summed E-state index contributed by atoms with van der Waals surface area (Å²) in [7, 11) is 0. The number of amides is 1. The number of anilines is 1. The molecule has 0 aliphatic carbocycles. The summed E-state index contributed by atoms with van der Waals surface area (Å²) in [5, 5.41) is 6.98. The van der Waals surface area contributed by atoms with Crippen LogP contribution >= 0.6 is 23.4 Å². The monoisotopic (exact) mass is 406 g/mol. The summed E-state index contributed by atoms with van der Waals surface area (Å²) in [6.45, 7) is 6.67. The first-order valence-corrected chi connectivity index (χ1v) is 10.1. The maximum Gasteiger partial charge on any atom is 0.251 e. The van der Waals surface area contributed by atoms with Gasteiger partial charge in [0, 0.05) is 38.2 Å². The average molecular weight is 407 g/mol. The van der Waals surface area contributed by atoms with E-state index in [2.05, 4.69) is 17.2 Å². The molecule has 3 aromatic rings. The van der Waals surface area contributed by atoms with E-state index in [0.29, 0.717) is 17.1 Å². The van der Waals surface area contributed by atoms with E-state index >= 15 is 0 Å². The van der Waals surface area contributed by atoms with E-state index in [1.807, 2.05) is 67.6 Å². The Labute approximate surface area is 173 Å². The van der Waals surface area contributed by atoms with Crippen molar-refractivity contribution in [3.05, 3.63) is 94.5 Å². The summed E-state index contributed by atoms with van der Waals surface area (Å²) in [5.74, 6) is -0.106. The van der Waals surface area contributed by atoms with Crippen molar-refractivity contribution in [2.45, 2.75) is 23.3 Å². The summed E-state index contributed by atoms with van der Waals surface area (Å²) in [5.41, 5.74) is 5.48. The van der Waals surface area contributed by atoms with Gasteiger partial charge in [0.25, 0.3) is 5.91 Å². The Hall–Kier alpha value is -2.69. The minimum atomic E-state index is -0.106. The normalized spacial score (nSPS) is 12.4.